The van der Waals surface area contributed by atoms with Crippen molar-refractivity contribution in [2.75, 3.05) is 0 Å². The summed E-state index contributed by atoms with van der Waals surface area (Å²) in [5.41, 5.74) is 0.580. The van der Waals surface area contributed by atoms with Gasteiger partial charge in [0.05, 0.1) is 4.88 Å². The van der Waals surface area contributed by atoms with Crippen LogP contribution in [0.15, 0.2) is 48.5 Å². The van der Waals surface area contributed by atoms with Crippen molar-refractivity contribution in [1.82, 2.24) is 0 Å². The van der Waals surface area contributed by atoms with Crippen LogP contribution in [-0.2, 0) is 0 Å². The first-order valence-electron chi connectivity index (χ1n) is 5.63. The third kappa shape index (κ3) is 2.39. The Balaban J connectivity index is 2.04. The zero-order valence-corrected chi connectivity index (χ0v) is 11.3. The summed E-state index contributed by atoms with van der Waals surface area (Å²) in [5, 5.41) is 1.34. The standard InChI is InChI=1S/C15H8ClFOS/c16-11-3-1-9(2-4-11)15(18)14-8-10-7-12(17)5-6-13(10)19-14/h1-8H. The molecule has 0 N–H and O–H groups in total. The summed E-state index contributed by atoms with van der Waals surface area (Å²) < 4.78 is 14.0. The summed E-state index contributed by atoms with van der Waals surface area (Å²) in [6.45, 7) is 0. The number of fused-ring (bicyclic) bond motifs is 1. The predicted molar refractivity (Wildman–Crippen MR) is 76.7 cm³/mol. The summed E-state index contributed by atoms with van der Waals surface area (Å²) in [6, 6.07) is 13.0. The van der Waals surface area contributed by atoms with E-state index < -0.39 is 0 Å². The fourth-order valence-corrected chi connectivity index (χ4v) is 3.00. The Morgan fingerprint density at radius 1 is 1.05 bits per heavy atom. The van der Waals surface area contributed by atoms with Crippen molar-refractivity contribution in [2.24, 2.45) is 0 Å². The van der Waals surface area contributed by atoms with Crippen molar-refractivity contribution in [3.05, 3.63) is 69.8 Å². The van der Waals surface area contributed by atoms with E-state index >= 15 is 0 Å². The van der Waals surface area contributed by atoms with E-state index in [0.29, 0.717) is 15.5 Å². The summed E-state index contributed by atoms with van der Waals surface area (Å²) in [7, 11) is 0. The van der Waals surface area contributed by atoms with E-state index in [0.717, 1.165) is 10.1 Å². The van der Waals surface area contributed by atoms with E-state index in [2.05, 4.69) is 0 Å². The second-order valence-electron chi connectivity index (χ2n) is 4.13. The molecule has 94 valence electrons. The van der Waals surface area contributed by atoms with Crippen molar-refractivity contribution in [3.63, 3.8) is 0 Å². The number of hydrogen-bond acceptors (Lipinski definition) is 2. The lowest BCUT2D eigenvalue weighted by atomic mass is 10.1. The van der Waals surface area contributed by atoms with Gasteiger partial charge in [-0.25, -0.2) is 4.39 Å². The average molecular weight is 291 g/mol. The van der Waals surface area contributed by atoms with Crippen molar-refractivity contribution < 1.29 is 9.18 Å². The number of hydrogen-bond donors (Lipinski definition) is 0. The van der Waals surface area contributed by atoms with E-state index in [9.17, 15) is 9.18 Å². The molecule has 1 heterocycles. The van der Waals surface area contributed by atoms with Crippen LogP contribution in [0.4, 0.5) is 4.39 Å². The molecule has 4 heteroatoms. The molecule has 1 nitrogen and oxygen atoms in total. The Morgan fingerprint density at radius 2 is 1.79 bits per heavy atom. The summed E-state index contributed by atoms with van der Waals surface area (Å²) >= 11 is 7.16. The van der Waals surface area contributed by atoms with Gasteiger partial charge in [0.25, 0.3) is 0 Å². The molecule has 0 unspecified atom stereocenters. The van der Waals surface area contributed by atoms with Crippen LogP contribution >= 0.6 is 22.9 Å². The topological polar surface area (TPSA) is 17.1 Å². The molecule has 3 rings (SSSR count). The third-order valence-corrected chi connectivity index (χ3v) is 4.18. The van der Waals surface area contributed by atoms with Gasteiger partial charge in [0.2, 0.25) is 5.78 Å². The highest BCUT2D eigenvalue weighted by molar-refractivity contribution is 7.21. The third-order valence-electron chi connectivity index (χ3n) is 2.81. The molecule has 2 aromatic carbocycles. The van der Waals surface area contributed by atoms with Crippen LogP contribution in [-0.4, -0.2) is 5.78 Å². The normalized spacial score (nSPS) is 10.8. The zero-order chi connectivity index (χ0) is 13.4. The van der Waals surface area contributed by atoms with Crippen LogP contribution in [0.3, 0.4) is 0 Å². The lowest BCUT2D eigenvalue weighted by molar-refractivity contribution is 0.104. The van der Waals surface area contributed by atoms with Crippen LogP contribution in [0.2, 0.25) is 5.02 Å². The van der Waals surface area contributed by atoms with Gasteiger partial charge >= 0.3 is 0 Å². The minimum Gasteiger partial charge on any atom is -0.288 e. The monoisotopic (exact) mass is 290 g/mol. The molecule has 0 spiro atoms. The van der Waals surface area contributed by atoms with Crippen molar-refractivity contribution in [3.8, 4) is 0 Å². The highest BCUT2D eigenvalue weighted by atomic mass is 35.5. The molecule has 0 saturated carbocycles. The van der Waals surface area contributed by atoms with E-state index in [1.54, 1.807) is 36.4 Å². The Labute approximate surface area is 118 Å². The number of carbonyl (C=O) groups is 1. The molecule has 0 aliphatic rings. The molecule has 0 aliphatic heterocycles. The van der Waals surface area contributed by atoms with Gasteiger partial charge in [-0.3, -0.25) is 4.79 Å². The van der Waals surface area contributed by atoms with Crippen LogP contribution in [0.5, 0.6) is 0 Å². The molecule has 19 heavy (non-hydrogen) atoms. The molecular weight excluding hydrogens is 283 g/mol. The highest BCUT2D eigenvalue weighted by Gasteiger charge is 2.12. The van der Waals surface area contributed by atoms with Gasteiger partial charge in [-0.1, -0.05) is 11.6 Å². The van der Waals surface area contributed by atoms with Gasteiger partial charge in [-0.2, -0.15) is 0 Å². The molecule has 0 aliphatic carbocycles. The molecule has 1 aromatic heterocycles. The fraction of sp³-hybridized carbons (Fsp3) is 0. The Morgan fingerprint density at radius 3 is 2.53 bits per heavy atom. The second-order valence-corrected chi connectivity index (χ2v) is 5.65. The first-order valence-corrected chi connectivity index (χ1v) is 6.82. The summed E-state index contributed by atoms with van der Waals surface area (Å²) in [6.07, 6.45) is 0. The number of halogens is 2. The van der Waals surface area contributed by atoms with Crippen LogP contribution < -0.4 is 0 Å². The average Bonchev–Trinajstić information content (AvgIpc) is 2.81. The first-order chi connectivity index (χ1) is 9.13. The van der Waals surface area contributed by atoms with E-state index in [4.69, 9.17) is 11.6 Å². The Kier molecular flexibility index (Phi) is 3.09. The quantitative estimate of drug-likeness (QED) is 0.612. The number of ketones is 1. The van der Waals surface area contributed by atoms with Gasteiger partial charge in [0.15, 0.2) is 0 Å². The molecule has 0 atom stereocenters. The summed E-state index contributed by atoms with van der Waals surface area (Å²) in [4.78, 5) is 12.9. The van der Waals surface area contributed by atoms with Gasteiger partial charge in [0.1, 0.15) is 5.82 Å². The number of benzene rings is 2. The highest BCUT2D eigenvalue weighted by Crippen LogP contribution is 2.28. The zero-order valence-electron chi connectivity index (χ0n) is 9.69. The second kappa shape index (κ2) is 4.76. The van der Waals surface area contributed by atoms with E-state index in [1.807, 2.05) is 0 Å². The maximum Gasteiger partial charge on any atom is 0.202 e. The number of rotatable bonds is 2. The lowest BCUT2D eigenvalue weighted by Gasteiger charge is -1.97. The Hall–Kier alpha value is -1.71. The van der Waals surface area contributed by atoms with Gasteiger partial charge in [-0.15, -0.1) is 11.3 Å². The van der Waals surface area contributed by atoms with Crippen LogP contribution in [0.1, 0.15) is 15.2 Å². The van der Waals surface area contributed by atoms with Crippen LogP contribution in [0.25, 0.3) is 10.1 Å². The lowest BCUT2D eigenvalue weighted by Crippen LogP contribution is -1.97. The molecule has 0 bridgehead atoms. The number of carbonyl (C=O) groups excluding carboxylic acids is 1. The maximum atomic E-state index is 13.1. The maximum absolute atomic E-state index is 13.1. The molecule has 0 saturated heterocycles. The van der Waals surface area contributed by atoms with Gasteiger partial charge < -0.3 is 0 Å². The fourth-order valence-electron chi connectivity index (χ4n) is 1.87. The van der Waals surface area contributed by atoms with E-state index in [1.165, 1.54) is 23.5 Å². The molecule has 0 amide bonds. The van der Waals surface area contributed by atoms with Gasteiger partial charge in [0, 0.05) is 15.3 Å². The van der Waals surface area contributed by atoms with Gasteiger partial charge in [-0.05, 0) is 53.9 Å². The predicted octanol–water partition coefficient (Wildman–Crippen LogP) is 4.92. The smallest absolute Gasteiger partial charge is 0.202 e. The SMILES string of the molecule is O=C(c1ccc(Cl)cc1)c1cc2cc(F)ccc2s1. The molecular formula is C15H8ClFOS. The summed E-state index contributed by atoms with van der Waals surface area (Å²) in [5.74, 6) is -0.367. The first kappa shape index (κ1) is 12.3. The minimum absolute atomic E-state index is 0.0710. The largest absolute Gasteiger partial charge is 0.288 e. The molecule has 0 radical (unpaired) electrons. The van der Waals surface area contributed by atoms with Crippen molar-refractivity contribution >= 4 is 38.8 Å². The van der Waals surface area contributed by atoms with Crippen molar-refractivity contribution in [1.29, 1.82) is 0 Å². The Bertz CT molecular complexity index is 761. The minimum atomic E-state index is -0.296. The molecule has 3 aromatic rings. The molecule has 0 fully saturated rings. The van der Waals surface area contributed by atoms with Crippen molar-refractivity contribution in [2.45, 2.75) is 0 Å². The van der Waals surface area contributed by atoms with Crippen LogP contribution in [0, 0.1) is 5.82 Å². The number of thiophene rings is 1. The van der Waals surface area contributed by atoms with E-state index in [-0.39, 0.29) is 11.6 Å².